The van der Waals surface area contributed by atoms with Crippen LogP contribution in [0.2, 0.25) is 0 Å². The van der Waals surface area contributed by atoms with Crippen molar-refractivity contribution >= 4 is 0 Å². The monoisotopic (exact) mass is 666 g/mol. The van der Waals surface area contributed by atoms with Crippen LogP contribution in [0.5, 0.6) is 0 Å². The minimum atomic E-state index is -2.43. The molecule has 4 rings (SSSR count). The number of ether oxygens (including phenoxy) is 7. The second-order valence-corrected chi connectivity index (χ2v) is 11.3. The molecule has 4 aliphatic rings. The van der Waals surface area contributed by atoms with Crippen LogP contribution in [0.3, 0.4) is 0 Å². The third-order valence-electron chi connectivity index (χ3n) is 8.26. The highest BCUT2D eigenvalue weighted by atomic mass is 16.8. The minimum absolute atomic E-state index is 0.650. The minimum Gasteiger partial charge on any atom is -0.394 e. The van der Waals surface area contributed by atoms with E-state index in [2.05, 4.69) is 0 Å². The molecule has 0 bridgehead atoms. The zero-order valence-electron chi connectivity index (χ0n) is 23.5. The van der Waals surface area contributed by atoms with Crippen molar-refractivity contribution in [3.8, 4) is 0 Å². The Morgan fingerprint density at radius 2 is 0.844 bits per heavy atom. The fraction of sp³-hybridized carbons (Fsp3) is 1.00. The average molecular weight is 667 g/mol. The fourth-order valence-electron chi connectivity index (χ4n) is 5.39. The van der Waals surface area contributed by atoms with Gasteiger partial charge in [0.15, 0.2) is 18.9 Å². The zero-order chi connectivity index (χ0) is 33.4. The molecule has 21 heteroatoms. The van der Waals surface area contributed by atoms with Gasteiger partial charge in [0.05, 0.1) is 26.4 Å². The van der Waals surface area contributed by atoms with E-state index in [0.717, 1.165) is 0 Å². The fourth-order valence-corrected chi connectivity index (χ4v) is 5.39. The van der Waals surface area contributed by atoms with Crippen molar-refractivity contribution < 1.29 is 105 Å². The van der Waals surface area contributed by atoms with Gasteiger partial charge in [-0.1, -0.05) is 0 Å². The summed E-state index contributed by atoms with van der Waals surface area (Å²) in [6.45, 7) is -4.02. The van der Waals surface area contributed by atoms with E-state index in [0.29, 0.717) is 0 Å². The molecule has 264 valence electrons. The van der Waals surface area contributed by atoms with Gasteiger partial charge in [0, 0.05) is 0 Å². The highest BCUT2D eigenvalue weighted by Crippen LogP contribution is 2.36. The molecule has 14 N–H and O–H groups in total. The number of rotatable bonds is 11. The summed E-state index contributed by atoms with van der Waals surface area (Å²) in [6, 6.07) is 0. The van der Waals surface area contributed by atoms with E-state index in [1.165, 1.54) is 0 Å². The highest BCUT2D eigenvalue weighted by molar-refractivity contribution is 4.99. The molecule has 0 aromatic carbocycles. The highest BCUT2D eigenvalue weighted by Gasteiger charge is 2.58. The van der Waals surface area contributed by atoms with E-state index in [1.807, 2.05) is 0 Å². The van der Waals surface area contributed by atoms with Crippen LogP contribution in [0.15, 0.2) is 0 Å². The average Bonchev–Trinajstić information content (AvgIpc) is 3.28. The van der Waals surface area contributed by atoms with E-state index < -0.39 is 149 Å². The van der Waals surface area contributed by atoms with E-state index >= 15 is 0 Å². The van der Waals surface area contributed by atoms with Gasteiger partial charge in [0.2, 0.25) is 5.79 Å². The quantitative estimate of drug-likeness (QED) is 0.0973. The maximum Gasteiger partial charge on any atom is 0.224 e. The van der Waals surface area contributed by atoms with Gasteiger partial charge in [0.1, 0.15) is 98.2 Å². The molecule has 4 saturated heterocycles. The molecule has 19 atom stereocenters. The van der Waals surface area contributed by atoms with Gasteiger partial charge in [-0.2, -0.15) is 0 Å². The molecular formula is C24H42O21. The first-order valence-electron chi connectivity index (χ1n) is 14.1. The standard InChI is InChI=1S/C24H42O21/c25-1-6-10(28)14(32)17(35)21(41-6)39-3-8-11(29)15(33)18(36)22(42-8)40-4-9-12(30)16(34)19(37)23(43-9)45-24(5-27)20(38)13(31)7(2-26)44-24/h6-23,25-38H,1-5H2/t6-,7+,8+,9+,10-,11+,12+,13+,14+,15-,16-,17-,18+,19+,20-,21-,22+,23-,24+/m0/s1. The lowest BCUT2D eigenvalue weighted by Crippen LogP contribution is -2.64. The van der Waals surface area contributed by atoms with Crippen LogP contribution < -0.4 is 0 Å². The van der Waals surface area contributed by atoms with Crippen LogP contribution in [0.1, 0.15) is 0 Å². The Labute approximate surface area is 254 Å². The molecule has 45 heavy (non-hydrogen) atoms. The summed E-state index contributed by atoms with van der Waals surface area (Å²) in [6.07, 6.45) is -31.4. The summed E-state index contributed by atoms with van der Waals surface area (Å²) in [5, 5.41) is 141. The Kier molecular flexibility index (Phi) is 12.5. The van der Waals surface area contributed by atoms with Gasteiger partial charge < -0.3 is 105 Å². The van der Waals surface area contributed by atoms with Crippen LogP contribution in [0, 0.1) is 0 Å². The van der Waals surface area contributed by atoms with E-state index in [-0.39, 0.29) is 0 Å². The third-order valence-corrected chi connectivity index (χ3v) is 8.26. The van der Waals surface area contributed by atoms with Gasteiger partial charge in [-0.15, -0.1) is 0 Å². The third kappa shape index (κ3) is 7.29. The molecule has 4 aliphatic heterocycles. The van der Waals surface area contributed by atoms with Crippen molar-refractivity contribution in [2.75, 3.05) is 33.0 Å². The first-order chi connectivity index (χ1) is 21.2. The van der Waals surface area contributed by atoms with E-state index in [9.17, 15) is 71.5 Å². The van der Waals surface area contributed by atoms with E-state index in [4.69, 9.17) is 33.2 Å². The summed E-state index contributed by atoms with van der Waals surface area (Å²) < 4.78 is 37.6. The number of hydrogen-bond donors (Lipinski definition) is 14. The largest absolute Gasteiger partial charge is 0.394 e. The molecule has 21 nitrogen and oxygen atoms in total. The van der Waals surface area contributed by atoms with Crippen LogP contribution in [0.25, 0.3) is 0 Å². The van der Waals surface area contributed by atoms with Crippen molar-refractivity contribution in [3.63, 3.8) is 0 Å². The van der Waals surface area contributed by atoms with Crippen LogP contribution in [0.4, 0.5) is 0 Å². The molecule has 0 aliphatic carbocycles. The topological polar surface area (TPSA) is 348 Å². The lowest BCUT2D eigenvalue weighted by Gasteiger charge is -2.45. The Hall–Kier alpha value is -0.840. The summed E-state index contributed by atoms with van der Waals surface area (Å²) >= 11 is 0. The van der Waals surface area contributed by atoms with Gasteiger partial charge in [-0.05, 0) is 0 Å². The molecule has 4 fully saturated rings. The summed E-state index contributed by atoms with van der Waals surface area (Å²) in [5.74, 6) is -2.43. The first kappa shape index (κ1) is 37.0. The normalized spacial score (nSPS) is 52.7. The molecule has 4 heterocycles. The molecule has 0 aromatic rings. The summed E-state index contributed by atoms with van der Waals surface area (Å²) in [7, 11) is 0. The van der Waals surface area contributed by atoms with E-state index in [1.54, 1.807) is 0 Å². The van der Waals surface area contributed by atoms with Crippen molar-refractivity contribution in [3.05, 3.63) is 0 Å². The maximum absolute atomic E-state index is 10.5. The molecule has 0 radical (unpaired) electrons. The Morgan fingerprint density at radius 3 is 1.27 bits per heavy atom. The SMILES string of the molecule is OC[C@@H]1O[C@H](OC[C@H]2O[C@@H](OC[C@H]3O[C@@H](O[C@@]4(CO)O[C@H](CO)[C@@H](O)[C@@H]4O)[C@H](O)[C@@H](O)[C@@H]3O)[C@H](O)[C@@H](O)[C@@H]2O)[C@@H](O)[C@H](O)[C@H]1O. The van der Waals surface area contributed by atoms with Crippen molar-refractivity contribution in [1.29, 1.82) is 0 Å². The molecule has 0 aromatic heterocycles. The molecule has 0 unspecified atom stereocenters. The molecule has 0 spiro atoms. The van der Waals surface area contributed by atoms with Gasteiger partial charge in [-0.25, -0.2) is 0 Å². The van der Waals surface area contributed by atoms with Gasteiger partial charge in [-0.3, -0.25) is 0 Å². The van der Waals surface area contributed by atoms with Crippen molar-refractivity contribution in [2.24, 2.45) is 0 Å². The van der Waals surface area contributed by atoms with Crippen molar-refractivity contribution in [2.45, 2.75) is 116 Å². The lowest BCUT2D eigenvalue weighted by atomic mass is 9.98. The summed E-state index contributed by atoms with van der Waals surface area (Å²) in [5.41, 5.74) is 0. The number of aliphatic hydroxyl groups is 14. The Balaban J connectivity index is 1.39. The Bertz CT molecular complexity index is 931. The number of aliphatic hydroxyl groups excluding tert-OH is 14. The van der Waals surface area contributed by atoms with Crippen LogP contribution in [-0.2, 0) is 33.2 Å². The molecule has 0 amide bonds. The Morgan fingerprint density at radius 1 is 0.444 bits per heavy atom. The van der Waals surface area contributed by atoms with Crippen molar-refractivity contribution in [1.82, 2.24) is 0 Å². The maximum atomic E-state index is 10.5. The smallest absolute Gasteiger partial charge is 0.224 e. The summed E-state index contributed by atoms with van der Waals surface area (Å²) in [4.78, 5) is 0. The second-order valence-electron chi connectivity index (χ2n) is 11.3. The first-order valence-corrected chi connectivity index (χ1v) is 14.1. The molecule has 0 saturated carbocycles. The number of hydrogen-bond acceptors (Lipinski definition) is 21. The molecular weight excluding hydrogens is 624 g/mol. The van der Waals surface area contributed by atoms with Gasteiger partial charge in [0.25, 0.3) is 0 Å². The lowest BCUT2D eigenvalue weighted by molar-refractivity contribution is -0.388. The van der Waals surface area contributed by atoms with Crippen LogP contribution in [-0.4, -0.2) is 221 Å². The second kappa shape index (κ2) is 15.1. The predicted molar refractivity (Wildman–Crippen MR) is 134 cm³/mol. The van der Waals surface area contributed by atoms with Gasteiger partial charge >= 0.3 is 0 Å². The predicted octanol–water partition coefficient (Wildman–Crippen LogP) is -9.75. The van der Waals surface area contributed by atoms with Crippen LogP contribution >= 0.6 is 0 Å². The zero-order valence-corrected chi connectivity index (χ0v) is 23.5.